The van der Waals surface area contributed by atoms with Crippen LogP contribution in [0, 0.1) is 0 Å². The smallest absolute Gasteiger partial charge is 0.220 e. The lowest BCUT2D eigenvalue weighted by Crippen LogP contribution is -2.68. The van der Waals surface area contributed by atoms with Gasteiger partial charge in [-0.15, -0.1) is 0 Å². The van der Waals surface area contributed by atoms with Gasteiger partial charge in [0.15, 0.2) is 0 Å². The molecule has 2 bridgehead atoms. The van der Waals surface area contributed by atoms with Gasteiger partial charge in [0.2, 0.25) is 17.7 Å². The third kappa shape index (κ3) is 12.8. The van der Waals surface area contributed by atoms with Crippen molar-refractivity contribution in [3.05, 3.63) is 0 Å². The molecular weight excluding hydrogens is 488 g/mol. The Morgan fingerprint density at radius 1 is 0.763 bits per heavy atom. The first-order chi connectivity index (χ1) is 18.3. The molecule has 0 aromatic rings. The normalized spacial score (nSPS) is 26.6. The van der Waals surface area contributed by atoms with E-state index in [4.69, 9.17) is 5.73 Å². The summed E-state index contributed by atoms with van der Waals surface area (Å²) in [7, 11) is 2.07. The van der Waals surface area contributed by atoms with Crippen molar-refractivity contribution in [1.82, 2.24) is 47.4 Å². The van der Waals surface area contributed by atoms with Crippen molar-refractivity contribution >= 4 is 17.7 Å². The molecule has 0 aliphatic carbocycles. The highest BCUT2D eigenvalue weighted by atomic mass is 16.2. The van der Waals surface area contributed by atoms with Crippen LogP contribution in [0.1, 0.15) is 32.6 Å². The number of rotatable bonds is 9. The molecule has 220 valence electrons. The largest absolute Gasteiger partial charge is 0.356 e. The molecule has 13 heteroatoms. The van der Waals surface area contributed by atoms with E-state index >= 15 is 0 Å². The Hall–Kier alpha value is -1.87. The predicted octanol–water partition coefficient (Wildman–Crippen LogP) is -3.74. The summed E-state index contributed by atoms with van der Waals surface area (Å²) >= 11 is 0. The lowest BCUT2D eigenvalue weighted by molar-refractivity contribution is -0.124. The molecule has 10 N–H and O–H groups in total. The molecule has 3 amide bonds. The van der Waals surface area contributed by atoms with Crippen molar-refractivity contribution in [1.29, 1.82) is 0 Å². The third-order valence-corrected chi connectivity index (χ3v) is 6.87. The molecule has 3 rings (SSSR count). The Balaban J connectivity index is 2.06. The average Bonchev–Trinajstić information content (AvgIpc) is 2.85. The van der Waals surface area contributed by atoms with E-state index in [2.05, 4.69) is 54.5 Å². The number of carbonyl (C=O) groups is 3. The molecule has 0 spiro atoms. The van der Waals surface area contributed by atoms with Gasteiger partial charge in [-0.3, -0.25) is 14.4 Å². The second-order valence-electron chi connectivity index (χ2n) is 10.8. The van der Waals surface area contributed by atoms with Crippen LogP contribution in [-0.2, 0) is 14.4 Å². The second-order valence-corrected chi connectivity index (χ2v) is 10.8. The van der Waals surface area contributed by atoms with Crippen LogP contribution in [0.25, 0.3) is 0 Å². The number of likely N-dealkylation sites (N-methyl/N-ethyl adjacent to an activating group) is 1. The standard InChI is InChI=1S/C25H52N10O3/c1-21(36)33-25-18-29-11-9-27-15-24(16-28-10-12-30-19-25,17-31-13-14-35(2)20-25)34-23(38)6-3-5-22(37)32-8-4-7-26/h27-31H,3-20,26H2,1-2H3,(H,32,37)(H,33,36)(H,34,38). The van der Waals surface area contributed by atoms with Gasteiger partial charge >= 0.3 is 0 Å². The molecule has 3 saturated heterocycles. The third-order valence-electron chi connectivity index (χ3n) is 6.87. The van der Waals surface area contributed by atoms with Crippen LogP contribution in [0.3, 0.4) is 0 Å². The molecule has 3 heterocycles. The first kappa shape index (κ1) is 32.3. The van der Waals surface area contributed by atoms with Crippen molar-refractivity contribution in [2.45, 2.75) is 43.7 Å². The predicted molar refractivity (Wildman–Crippen MR) is 150 cm³/mol. The number of hydrogen-bond acceptors (Lipinski definition) is 10. The fourth-order valence-electron chi connectivity index (χ4n) is 5.04. The van der Waals surface area contributed by atoms with E-state index in [-0.39, 0.29) is 17.7 Å². The minimum Gasteiger partial charge on any atom is -0.356 e. The zero-order valence-electron chi connectivity index (χ0n) is 23.5. The summed E-state index contributed by atoms with van der Waals surface area (Å²) in [6, 6.07) is 0. The van der Waals surface area contributed by atoms with Crippen molar-refractivity contribution in [2.24, 2.45) is 5.73 Å². The maximum absolute atomic E-state index is 13.0. The highest BCUT2D eigenvalue weighted by molar-refractivity contribution is 5.79. The van der Waals surface area contributed by atoms with Gasteiger partial charge in [-0.25, -0.2) is 0 Å². The van der Waals surface area contributed by atoms with Crippen molar-refractivity contribution in [3.8, 4) is 0 Å². The van der Waals surface area contributed by atoms with E-state index < -0.39 is 11.1 Å². The topological polar surface area (TPSA) is 177 Å². The molecule has 3 fully saturated rings. The van der Waals surface area contributed by atoms with E-state index in [0.29, 0.717) is 71.6 Å². The summed E-state index contributed by atoms with van der Waals surface area (Å²) in [5, 5.41) is 27.0. The van der Waals surface area contributed by atoms with Gasteiger partial charge < -0.3 is 53.2 Å². The second kappa shape index (κ2) is 17.7. The molecule has 0 radical (unpaired) electrons. The quantitative estimate of drug-likeness (QED) is 0.132. The van der Waals surface area contributed by atoms with Crippen LogP contribution >= 0.6 is 0 Å². The van der Waals surface area contributed by atoms with Crippen LogP contribution in [0.4, 0.5) is 0 Å². The Morgan fingerprint density at radius 3 is 1.84 bits per heavy atom. The summed E-state index contributed by atoms with van der Waals surface area (Å²) in [5.41, 5.74) is 4.52. The van der Waals surface area contributed by atoms with Crippen LogP contribution in [0.15, 0.2) is 0 Å². The lowest BCUT2D eigenvalue weighted by atomic mass is 9.96. The molecule has 0 unspecified atom stereocenters. The van der Waals surface area contributed by atoms with Gasteiger partial charge in [0, 0.05) is 105 Å². The molecule has 0 saturated carbocycles. The van der Waals surface area contributed by atoms with Crippen molar-refractivity contribution in [2.75, 3.05) is 98.7 Å². The number of hydrogen-bond donors (Lipinski definition) is 9. The van der Waals surface area contributed by atoms with Gasteiger partial charge in [-0.2, -0.15) is 0 Å². The first-order valence-corrected chi connectivity index (χ1v) is 14.1. The summed E-state index contributed by atoms with van der Waals surface area (Å²) in [6.07, 6.45) is 1.87. The molecular formula is C25H52N10O3. The zero-order valence-corrected chi connectivity index (χ0v) is 23.5. The van der Waals surface area contributed by atoms with Crippen LogP contribution < -0.4 is 48.3 Å². The van der Waals surface area contributed by atoms with Gasteiger partial charge in [0.1, 0.15) is 0 Å². The van der Waals surface area contributed by atoms with Crippen LogP contribution in [0.2, 0.25) is 0 Å². The molecule has 3 aliphatic heterocycles. The highest BCUT2D eigenvalue weighted by Gasteiger charge is 2.34. The fourth-order valence-corrected chi connectivity index (χ4v) is 5.04. The summed E-state index contributed by atoms with van der Waals surface area (Å²) in [5.74, 6) is -0.135. The average molecular weight is 541 g/mol. The van der Waals surface area contributed by atoms with Crippen molar-refractivity contribution < 1.29 is 14.4 Å². The SMILES string of the molecule is CC(=O)NC12CNCCNCC(NC(=O)CCCC(=O)NCCCN)(CNCCNC1)CNCCN(C)C2. The minimum atomic E-state index is -0.521. The number of nitrogens with one attached hydrogen (secondary N) is 8. The fraction of sp³-hybridized carbons (Fsp3) is 0.880. The number of nitrogens with zero attached hydrogens (tertiary/aromatic N) is 1. The van der Waals surface area contributed by atoms with Crippen LogP contribution in [0.5, 0.6) is 0 Å². The van der Waals surface area contributed by atoms with Crippen molar-refractivity contribution in [3.63, 3.8) is 0 Å². The zero-order chi connectivity index (χ0) is 27.7. The molecule has 0 aromatic heterocycles. The number of nitrogens with two attached hydrogens (primary N) is 1. The molecule has 13 nitrogen and oxygen atoms in total. The molecule has 0 aromatic carbocycles. The Labute approximate surface area is 227 Å². The van der Waals surface area contributed by atoms with Crippen LogP contribution in [-0.4, -0.2) is 132 Å². The van der Waals surface area contributed by atoms with Gasteiger partial charge in [0.05, 0.1) is 11.1 Å². The van der Waals surface area contributed by atoms with E-state index in [1.807, 2.05) is 0 Å². The van der Waals surface area contributed by atoms with Gasteiger partial charge in [0.25, 0.3) is 0 Å². The maximum atomic E-state index is 13.0. The number of carbonyl (C=O) groups excluding carboxylic acids is 3. The summed E-state index contributed by atoms with van der Waals surface area (Å²) in [6.45, 7) is 10.9. The van der Waals surface area contributed by atoms with Gasteiger partial charge in [-0.1, -0.05) is 0 Å². The van der Waals surface area contributed by atoms with E-state index in [1.54, 1.807) is 6.92 Å². The number of fused-ring (bicyclic) bond motifs is 15. The van der Waals surface area contributed by atoms with E-state index in [9.17, 15) is 14.4 Å². The molecule has 38 heavy (non-hydrogen) atoms. The number of amides is 3. The molecule has 3 aliphatic rings. The maximum Gasteiger partial charge on any atom is 0.220 e. The minimum absolute atomic E-state index is 0.0358. The lowest BCUT2D eigenvalue weighted by Gasteiger charge is -2.40. The summed E-state index contributed by atoms with van der Waals surface area (Å²) < 4.78 is 0. The summed E-state index contributed by atoms with van der Waals surface area (Å²) in [4.78, 5) is 39.3. The van der Waals surface area contributed by atoms with E-state index in [0.717, 1.165) is 45.7 Å². The first-order valence-electron chi connectivity index (χ1n) is 14.1. The molecule has 0 atom stereocenters. The Kier molecular flexibility index (Phi) is 15.0. The Bertz CT molecular complexity index is 708. The highest BCUT2D eigenvalue weighted by Crippen LogP contribution is 2.08. The van der Waals surface area contributed by atoms with Gasteiger partial charge in [-0.05, 0) is 26.4 Å². The Morgan fingerprint density at radius 2 is 1.29 bits per heavy atom. The van der Waals surface area contributed by atoms with E-state index in [1.165, 1.54) is 0 Å². The monoisotopic (exact) mass is 540 g/mol.